The van der Waals surface area contributed by atoms with Crippen molar-refractivity contribution in [1.29, 1.82) is 0 Å². The van der Waals surface area contributed by atoms with Crippen LogP contribution in [0.4, 0.5) is 13.2 Å². The Kier molecular flexibility index (Phi) is 6.55. The maximum absolute atomic E-state index is 13.4. The summed E-state index contributed by atoms with van der Waals surface area (Å²) in [4.78, 5) is 4.30. The molecule has 4 heteroatoms. The molecule has 0 aromatic heterocycles. The molecule has 0 saturated heterocycles. The first kappa shape index (κ1) is 18.9. The van der Waals surface area contributed by atoms with E-state index in [4.69, 9.17) is 0 Å². The first-order valence-corrected chi connectivity index (χ1v) is 7.34. The molecule has 0 aromatic carbocycles. The molecule has 1 nitrogen and oxygen atoms in total. The monoisotopic (exact) mass is 321 g/mol. The fraction of sp³-hybridized carbons (Fsp3) is 0.316. The van der Waals surface area contributed by atoms with Crippen molar-refractivity contribution in [3.8, 4) is 0 Å². The summed E-state index contributed by atoms with van der Waals surface area (Å²) in [5.74, 6) is 0. The van der Waals surface area contributed by atoms with Gasteiger partial charge >= 0.3 is 6.18 Å². The highest BCUT2D eigenvalue weighted by Gasteiger charge is 2.34. The second kappa shape index (κ2) is 7.95. The third-order valence-electron chi connectivity index (χ3n) is 3.32. The van der Waals surface area contributed by atoms with E-state index in [1.54, 1.807) is 25.3 Å². The first-order valence-electron chi connectivity index (χ1n) is 7.34. The largest absolute Gasteiger partial charge is 0.416 e. The predicted octanol–water partition coefficient (Wildman–Crippen LogP) is 6.25. The molecule has 1 aliphatic rings. The van der Waals surface area contributed by atoms with Crippen LogP contribution in [-0.4, -0.2) is 11.9 Å². The summed E-state index contributed by atoms with van der Waals surface area (Å²) >= 11 is 0. The van der Waals surface area contributed by atoms with Gasteiger partial charge in [-0.1, -0.05) is 42.0 Å². The second-order valence-electron chi connectivity index (χ2n) is 5.54. The first-order chi connectivity index (χ1) is 10.7. The molecule has 23 heavy (non-hydrogen) atoms. The summed E-state index contributed by atoms with van der Waals surface area (Å²) < 4.78 is 40.2. The van der Waals surface area contributed by atoms with Gasteiger partial charge in [0.05, 0.1) is 11.3 Å². The number of allylic oxidation sites excluding steroid dienone is 10. The highest BCUT2D eigenvalue weighted by molar-refractivity contribution is 6.06. The SMILES string of the molecule is C=C(C)/C=C\C(=C(/C)C1=CC=C(C)CC1=N/C=C\C)C(F)(F)F. The van der Waals surface area contributed by atoms with E-state index in [0.717, 1.165) is 11.6 Å². The average molecular weight is 321 g/mol. The topological polar surface area (TPSA) is 12.4 Å². The molecule has 0 atom stereocenters. The van der Waals surface area contributed by atoms with Crippen molar-refractivity contribution >= 4 is 5.71 Å². The number of alkyl halides is 3. The molecule has 0 radical (unpaired) electrons. The highest BCUT2D eigenvalue weighted by atomic mass is 19.4. The van der Waals surface area contributed by atoms with Gasteiger partial charge in [-0.25, -0.2) is 0 Å². The van der Waals surface area contributed by atoms with Crippen LogP contribution in [0.25, 0.3) is 0 Å². The summed E-state index contributed by atoms with van der Waals surface area (Å²) in [5, 5.41) is 0. The predicted molar refractivity (Wildman–Crippen MR) is 91.4 cm³/mol. The Labute approximate surface area is 136 Å². The van der Waals surface area contributed by atoms with Crippen molar-refractivity contribution in [2.24, 2.45) is 4.99 Å². The zero-order chi connectivity index (χ0) is 17.6. The summed E-state index contributed by atoms with van der Waals surface area (Å²) in [6.07, 6.45) is 5.47. The van der Waals surface area contributed by atoms with E-state index in [0.29, 0.717) is 23.3 Å². The van der Waals surface area contributed by atoms with E-state index < -0.39 is 11.7 Å². The molecule has 0 unspecified atom stereocenters. The number of hydrogen-bond donors (Lipinski definition) is 0. The van der Waals surface area contributed by atoms with Crippen LogP contribution in [0.15, 0.2) is 76.0 Å². The minimum absolute atomic E-state index is 0.169. The summed E-state index contributed by atoms with van der Waals surface area (Å²) in [6.45, 7) is 10.5. The van der Waals surface area contributed by atoms with Crippen molar-refractivity contribution in [3.63, 3.8) is 0 Å². The van der Waals surface area contributed by atoms with Gasteiger partial charge < -0.3 is 0 Å². The smallest absolute Gasteiger partial charge is 0.261 e. The van der Waals surface area contributed by atoms with Gasteiger partial charge in [-0.15, -0.1) is 0 Å². The van der Waals surface area contributed by atoms with Crippen molar-refractivity contribution in [3.05, 3.63) is 71.0 Å². The molecular weight excluding hydrogens is 299 g/mol. The zero-order valence-corrected chi connectivity index (χ0v) is 14.0. The zero-order valence-electron chi connectivity index (χ0n) is 14.0. The van der Waals surface area contributed by atoms with Gasteiger partial charge in [0, 0.05) is 12.6 Å². The van der Waals surface area contributed by atoms with Gasteiger partial charge in [-0.05, 0) is 44.9 Å². The lowest BCUT2D eigenvalue weighted by atomic mass is 9.89. The van der Waals surface area contributed by atoms with E-state index >= 15 is 0 Å². The molecule has 0 amide bonds. The quantitative estimate of drug-likeness (QED) is 0.543. The molecule has 0 spiro atoms. The Morgan fingerprint density at radius 2 is 1.87 bits per heavy atom. The summed E-state index contributed by atoms with van der Waals surface area (Å²) in [6, 6.07) is 0. The molecule has 0 saturated carbocycles. The summed E-state index contributed by atoms with van der Waals surface area (Å²) in [7, 11) is 0. The molecule has 0 heterocycles. The van der Waals surface area contributed by atoms with Gasteiger partial charge in [0.1, 0.15) is 0 Å². The Balaban J connectivity index is 3.48. The molecule has 0 fully saturated rings. The van der Waals surface area contributed by atoms with Crippen LogP contribution in [0.5, 0.6) is 0 Å². The van der Waals surface area contributed by atoms with Crippen molar-refractivity contribution in [2.75, 3.05) is 0 Å². The Hall–Kier alpha value is -2.10. The fourth-order valence-electron chi connectivity index (χ4n) is 2.16. The Morgan fingerprint density at radius 1 is 1.22 bits per heavy atom. The number of hydrogen-bond acceptors (Lipinski definition) is 1. The molecule has 0 aliphatic heterocycles. The standard InChI is InChI=1S/C19H22F3N/c1-6-11-23-18-12-14(4)8-9-16(18)15(5)17(19(20,21)22)10-7-13(2)3/h6-11H,2,12H2,1,3-5H3/b10-7-,11-6-,17-15-,23-18?. The number of halogens is 3. The van der Waals surface area contributed by atoms with Crippen LogP contribution >= 0.6 is 0 Å². The van der Waals surface area contributed by atoms with E-state index in [1.807, 2.05) is 19.9 Å². The minimum atomic E-state index is -4.43. The van der Waals surface area contributed by atoms with Gasteiger partial charge in [0.25, 0.3) is 0 Å². The Morgan fingerprint density at radius 3 is 2.39 bits per heavy atom. The minimum Gasteiger partial charge on any atom is -0.261 e. The lowest BCUT2D eigenvalue weighted by molar-refractivity contribution is -0.0888. The van der Waals surface area contributed by atoms with Crippen LogP contribution in [0.2, 0.25) is 0 Å². The van der Waals surface area contributed by atoms with Crippen LogP contribution in [-0.2, 0) is 0 Å². The molecule has 0 bridgehead atoms. The normalized spacial score (nSPS) is 19.2. The van der Waals surface area contributed by atoms with Gasteiger partial charge in [-0.2, -0.15) is 13.2 Å². The molecule has 1 rings (SSSR count). The van der Waals surface area contributed by atoms with E-state index in [9.17, 15) is 13.2 Å². The van der Waals surface area contributed by atoms with Crippen molar-refractivity contribution in [1.82, 2.24) is 0 Å². The third kappa shape index (κ3) is 5.55. The maximum Gasteiger partial charge on any atom is 0.416 e. The maximum atomic E-state index is 13.4. The van der Waals surface area contributed by atoms with Crippen LogP contribution < -0.4 is 0 Å². The van der Waals surface area contributed by atoms with Gasteiger partial charge in [-0.3, -0.25) is 4.99 Å². The lowest BCUT2D eigenvalue weighted by Crippen LogP contribution is -2.16. The fourth-order valence-corrected chi connectivity index (χ4v) is 2.16. The van der Waals surface area contributed by atoms with Crippen LogP contribution in [0.1, 0.15) is 34.1 Å². The van der Waals surface area contributed by atoms with Crippen LogP contribution in [0.3, 0.4) is 0 Å². The summed E-state index contributed by atoms with van der Waals surface area (Å²) in [5.41, 5.74) is 2.29. The molecule has 0 N–H and O–H groups in total. The number of rotatable bonds is 4. The Bertz CT molecular complexity index is 651. The third-order valence-corrected chi connectivity index (χ3v) is 3.32. The highest BCUT2D eigenvalue weighted by Crippen LogP contribution is 2.34. The second-order valence-corrected chi connectivity index (χ2v) is 5.54. The molecule has 124 valence electrons. The van der Waals surface area contributed by atoms with Crippen molar-refractivity contribution in [2.45, 2.75) is 40.3 Å². The van der Waals surface area contributed by atoms with Crippen molar-refractivity contribution < 1.29 is 13.2 Å². The molecule has 1 aliphatic carbocycles. The molecular formula is C19H22F3N. The van der Waals surface area contributed by atoms with Crippen LogP contribution in [0, 0.1) is 0 Å². The lowest BCUT2D eigenvalue weighted by Gasteiger charge is -2.19. The number of aliphatic imine (C=N–C) groups is 1. The molecule has 0 aromatic rings. The average Bonchev–Trinajstić information content (AvgIpc) is 2.43. The van der Waals surface area contributed by atoms with Gasteiger partial charge in [0.15, 0.2) is 0 Å². The van der Waals surface area contributed by atoms with E-state index in [2.05, 4.69) is 11.6 Å². The van der Waals surface area contributed by atoms with E-state index in [-0.39, 0.29) is 5.57 Å². The number of nitrogens with zero attached hydrogens (tertiary/aromatic N) is 1. The van der Waals surface area contributed by atoms with Gasteiger partial charge in [0.2, 0.25) is 0 Å². The van der Waals surface area contributed by atoms with E-state index in [1.165, 1.54) is 13.0 Å².